The first-order valence-corrected chi connectivity index (χ1v) is 4.59. The molecule has 0 aliphatic heterocycles. The van der Waals surface area contributed by atoms with Crippen molar-refractivity contribution in [2.24, 2.45) is 5.41 Å². The van der Waals surface area contributed by atoms with Crippen molar-refractivity contribution in [2.75, 3.05) is 0 Å². The summed E-state index contributed by atoms with van der Waals surface area (Å²) in [6, 6.07) is 0. The summed E-state index contributed by atoms with van der Waals surface area (Å²) in [5.41, 5.74) is -0.686. The maximum absolute atomic E-state index is 11.5. The molecule has 0 heterocycles. The zero-order chi connectivity index (χ0) is 9.78. The van der Waals surface area contributed by atoms with Crippen molar-refractivity contribution < 1.29 is 9.59 Å². The number of carbonyl (C=O) groups excluding carboxylic acids is 2. The van der Waals surface area contributed by atoms with E-state index in [1.807, 2.05) is 20.8 Å². The Morgan fingerprint density at radius 2 is 1.50 bits per heavy atom. The second-order valence-electron chi connectivity index (χ2n) is 3.12. The van der Waals surface area contributed by atoms with Crippen molar-refractivity contribution >= 4 is 11.6 Å². The van der Waals surface area contributed by atoms with Gasteiger partial charge in [-0.1, -0.05) is 20.8 Å². The third-order valence-corrected chi connectivity index (χ3v) is 2.74. The Morgan fingerprint density at radius 1 is 1.08 bits per heavy atom. The van der Waals surface area contributed by atoms with Crippen LogP contribution in [0, 0.1) is 5.41 Å². The highest BCUT2D eigenvalue weighted by atomic mass is 16.2. The molecule has 0 radical (unpaired) electrons. The van der Waals surface area contributed by atoms with Gasteiger partial charge in [-0.15, -0.1) is 0 Å². The van der Waals surface area contributed by atoms with Gasteiger partial charge in [0.1, 0.15) is 11.6 Å². The molecule has 0 fully saturated rings. The molecule has 0 unspecified atom stereocenters. The van der Waals surface area contributed by atoms with Gasteiger partial charge in [0.2, 0.25) is 0 Å². The predicted molar refractivity (Wildman–Crippen MR) is 49.0 cm³/mol. The van der Waals surface area contributed by atoms with Crippen LogP contribution in [0.3, 0.4) is 0 Å². The van der Waals surface area contributed by atoms with Crippen LogP contribution < -0.4 is 0 Å². The first-order valence-electron chi connectivity index (χ1n) is 4.59. The Morgan fingerprint density at radius 3 is 1.58 bits per heavy atom. The van der Waals surface area contributed by atoms with Crippen LogP contribution in [0.4, 0.5) is 0 Å². The third kappa shape index (κ3) is 1.74. The molecular formula is C10H18O2. The molecule has 0 atom stereocenters. The molecule has 2 nitrogen and oxygen atoms in total. The van der Waals surface area contributed by atoms with Crippen LogP contribution >= 0.6 is 0 Å². The molecule has 0 aromatic rings. The summed E-state index contributed by atoms with van der Waals surface area (Å²) in [4.78, 5) is 22.8. The average molecular weight is 170 g/mol. The number of Topliss-reactive ketones (excluding diaryl/α,β-unsaturated/α-hetero) is 2. The van der Waals surface area contributed by atoms with E-state index in [9.17, 15) is 9.59 Å². The molecule has 0 saturated carbocycles. The summed E-state index contributed by atoms with van der Waals surface area (Å²) in [5, 5.41) is 0. The molecule has 0 aliphatic carbocycles. The fourth-order valence-corrected chi connectivity index (χ4v) is 1.68. The molecule has 0 aliphatic rings. The molecule has 0 aromatic heterocycles. The number of hydrogen-bond donors (Lipinski definition) is 0. The first kappa shape index (κ1) is 11.3. The molecule has 2 heteroatoms. The Balaban J connectivity index is 4.82. The number of ketones is 2. The molecule has 0 saturated heterocycles. The minimum absolute atomic E-state index is 0.0133. The summed E-state index contributed by atoms with van der Waals surface area (Å²) in [7, 11) is 0. The van der Waals surface area contributed by atoms with Crippen molar-refractivity contribution in [3.05, 3.63) is 0 Å². The van der Waals surface area contributed by atoms with E-state index in [-0.39, 0.29) is 11.6 Å². The lowest BCUT2D eigenvalue weighted by Gasteiger charge is -2.26. The topological polar surface area (TPSA) is 34.1 Å². The summed E-state index contributed by atoms with van der Waals surface area (Å²) >= 11 is 0. The van der Waals surface area contributed by atoms with Crippen LogP contribution in [0.5, 0.6) is 0 Å². The Bertz CT molecular complexity index is 178. The van der Waals surface area contributed by atoms with Crippen molar-refractivity contribution in [1.29, 1.82) is 0 Å². The minimum atomic E-state index is -0.686. The second kappa shape index (κ2) is 4.39. The maximum atomic E-state index is 11.5. The maximum Gasteiger partial charge on any atom is 0.146 e. The fraction of sp³-hybridized carbons (Fsp3) is 0.800. The standard InChI is InChI=1S/C10H18O2/c1-5-9(12)10(6-2,7-3)8(4)11/h5-7H2,1-4H3. The van der Waals surface area contributed by atoms with Crippen LogP contribution in [-0.4, -0.2) is 11.6 Å². The smallest absolute Gasteiger partial charge is 0.146 e. The molecule has 0 bridgehead atoms. The molecule has 70 valence electrons. The Kier molecular flexibility index (Phi) is 4.15. The molecule has 0 amide bonds. The fourth-order valence-electron chi connectivity index (χ4n) is 1.68. The normalized spacial score (nSPS) is 11.3. The summed E-state index contributed by atoms with van der Waals surface area (Å²) in [6.45, 7) is 7.13. The van der Waals surface area contributed by atoms with E-state index >= 15 is 0 Å². The lowest BCUT2D eigenvalue weighted by molar-refractivity contribution is -0.140. The van der Waals surface area contributed by atoms with Gasteiger partial charge in [-0.05, 0) is 19.8 Å². The summed E-state index contributed by atoms with van der Waals surface area (Å²) in [6.07, 6.45) is 1.72. The molecule has 0 aromatic carbocycles. The molecule has 0 rings (SSSR count). The number of hydrogen-bond acceptors (Lipinski definition) is 2. The SMILES string of the molecule is CCC(=O)C(CC)(CC)C(C)=O. The van der Waals surface area contributed by atoms with Gasteiger partial charge in [0, 0.05) is 6.42 Å². The van der Waals surface area contributed by atoms with Gasteiger partial charge in [0.05, 0.1) is 5.41 Å². The zero-order valence-corrected chi connectivity index (χ0v) is 8.44. The lowest BCUT2D eigenvalue weighted by atomic mass is 9.74. The molecular weight excluding hydrogens is 152 g/mol. The summed E-state index contributed by atoms with van der Waals surface area (Å²) < 4.78 is 0. The van der Waals surface area contributed by atoms with E-state index in [0.717, 1.165) is 0 Å². The van der Waals surface area contributed by atoms with Crippen LogP contribution in [0.15, 0.2) is 0 Å². The van der Waals surface area contributed by atoms with E-state index in [4.69, 9.17) is 0 Å². The average Bonchev–Trinajstić information content (AvgIpc) is 2.06. The largest absolute Gasteiger partial charge is 0.299 e. The minimum Gasteiger partial charge on any atom is -0.299 e. The highest BCUT2D eigenvalue weighted by Gasteiger charge is 2.37. The second-order valence-corrected chi connectivity index (χ2v) is 3.12. The van der Waals surface area contributed by atoms with E-state index in [2.05, 4.69) is 0 Å². The third-order valence-electron chi connectivity index (χ3n) is 2.74. The predicted octanol–water partition coefficient (Wildman–Crippen LogP) is 2.36. The van der Waals surface area contributed by atoms with Gasteiger partial charge in [-0.25, -0.2) is 0 Å². The van der Waals surface area contributed by atoms with E-state index in [1.54, 1.807) is 0 Å². The van der Waals surface area contributed by atoms with Gasteiger partial charge in [0.25, 0.3) is 0 Å². The van der Waals surface area contributed by atoms with Crippen molar-refractivity contribution in [3.63, 3.8) is 0 Å². The quantitative estimate of drug-likeness (QED) is 0.593. The monoisotopic (exact) mass is 170 g/mol. The molecule has 0 spiro atoms. The Labute approximate surface area is 74.3 Å². The van der Waals surface area contributed by atoms with Crippen LogP contribution in [0.25, 0.3) is 0 Å². The van der Waals surface area contributed by atoms with Crippen LogP contribution in [0.2, 0.25) is 0 Å². The Hall–Kier alpha value is -0.660. The van der Waals surface area contributed by atoms with Crippen LogP contribution in [-0.2, 0) is 9.59 Å². The van der Waals surface area contributed by atoms with Crippen molar-refractivity contribution in [1.82, 2.24) is 0 Å². The zero-order valence-electron chi connectivity index (χ0n) is 8.44. The van der Waals surface area contributed by atoms with E-state index in [1.165, 1.54) is 6.92 Å². The summed E-state index contributed by atoms with van der Waals surface area (Å²) in [5.74, 6) is 0.0966. The molecule has 0 N–H and O–H groups in total. The van der Waals surface area contributed by atoms with Gasteiger partial charge >= 0.3 is 0 Å². The van der Waals surface area contributed by atoms with E-state index in [0.29, 0.717) is 19.3 Å². The van der Waals surface area contributed by atoms with Gasteiger partial charge in [-0.3, -0.25) is 9.59 Å². The van der Waals surface area contributed by atoms with Crippen molar-refractivity contribution in [2.45, 2.75) is 47.0 Å². The number of carbonyl (C=O) groups is 2. The highest BCUT2D eigenvalue weighted by molar-refractivity contribution is 6.05. The van der Waals surface area contributed by atoms with Gasteiger partial charge < -0.3 is 0 Å². The van der Waals surface area contributed by atoms with Crippen LogP contribution in [0.1, 0.15) is 47.0 Å². The van der Waals surface area contributed by atoms with Gasteiger partial charge in [0.15, 0.2) is 0 Å². The van der Waals surface area contributed by atoms with Crippen molar-refractivity contribution in [3.8, 4) is 0 Å². The highest BCUT2D eigenvalue weighted by Crippen LogP contribution is 2.29. The molecule has 12 heavy (non-hydrogen) atoms. The number of rotatable bonds is 5. The first-order chi connectivity index (χ1) is 5.55. The van der Waals surface area contributed by atoms with E-state index < -0.39 is 5.41 Å². The lowest BCUT2D eigenvalue weighted by Crippen LogP contribution is -2.36. The van der Waals surface area contributed by atoms with Gasteiger partial charge in [-0.2, -0.15) is 0 Å².